The molecule has 1 heterocycles. The van der Waals surface area contributed by atoms with E-state index in [1.165, 1.54) is 19.5 Å². The zero-order chi connectivity index (χ0) is 14.0. The molecule has 0 bridgehead atoms. The number of nitriles is 1. The Morgan fingerprint density at radius 3 is 2.79 bits per heavy atom. The number of nitrogens with zero attached hydrogens (tertiary/aromatic N) is 3. The summed E-state index contributed by atoms with van der Waals surface area (Å²) in [4.78, 5) is 7.88. The van der Waals surface area contributed by atoms with Crippen molar-refractivity contribution in [3.63, 3.8) is 0 Å². The van der Waals surface area contributed by atoms with Gasteiger partial charge in [-0.25, -0.2) is 14.4 Å². The molecule has 0 spiro atoms. The monoisotopic (exact) mass is 322 g/mol. The molecule has 0 fully saturated rings. The summed E-state index contributed by atoms with van der Waals surface area (Å²) in [5, 5.41) is 8.79. The Morgan fingerprint density at radius 1 is 1.42 bits per heavy atom. The van der Waals surface area contributed by atoms with Crippen LogP contribution < -0.4 is 10.5 Å². The number of hydrogen-bond donors (Lipinski definition) is 1. The zero-order valence-electron chi connectivity index (χ0n) is 9.82. The van der Waals surface area contributed by atoms with Gasteiger partial charge in [0.25, 0.3) is 0 Å². The van der Waals surface area contributed by atoms with Crippen molar-refractivity contribution in [1.82, 2.24) is 9.97 Å². The molecule has 96 valence electrons. The fraction of sp³-hybridized carbons (Fsp3) is 0.0833. The van der Waals surface area contributed by atoms with Crippen LogP contribution in [0.25, 0.3) is 11.3 Å². The van der Waals surface area contributed by atoms with Crippen LogP contribution in [0.2, 0.25) is 0 Å². The van der Waals surface area contributed by atoms with Crippen LogP contribution in [-0.4, -0.2) is 17.1 Å². The summed E-state index contributed by atoms with van der Waals surface area (Å²) in [5.74, 6) is -0.306. The van der Waals surface area contributed by atoms with Crippen molar-refractivity contribution < 1.29 is 9.13 Å². The minimum absolute atomic E-state index is 0.0818. The number of halogens is 2. The molecular formula is C12H8BrFN4O. The van der Waals surface area contributed by atoms with E-state index in [-0.39, 0.29) is 22.7 Å². The number of anilines is 1. The smallest absolute Gasteiger partial charge is 0.231 e. The second kappa shape index (κ2) is 5.20. The molecule has 2 aromatic rings. The van der Waals surface area contributed by atoms with Crippen LogP contribution in [0.5, 0.6) is 5.88 Å². The van der Waals surface area contributed by atoms with Crippen LogP contribution in [0.3, 0.4) is 0 Å². The molecule has 0 aliphatic heterocycles. The predicted octanol–water partition coefficient (Wildman–Crippen LogP) is 2.51. The summed E-state index contributed by atoms with van der Waals surface area (Å²) in [6.07, 6.45) is 1.26. The number of benzene rings is 1. The van der Waals surface area contributed by atoms with Gasteiger partial charge in [-0.1, -0.05) is 0 Å². The second-order valence-electron chi connectivity index (χ2n) is 3.58. The van der Waals surface area contributed by atoms with Crippen molar-refractivity contribution in [3.05, 3.63) is 34.3 Å². The number of ether oxygens (including phenoxy) is 1. The van der Waals surface area contributed by atoms with Gasteiger partial charge in [0, 0.05) is 5.56 Å². The van der Waals surface area contributed by atoms with Crippen molar-refractivity contribution >= 4 is 21.6 Å². The number of nitrogens with two attached hydrogens (primary N) is 1. The summed E-state index contributed by atoms with van der Waals surface area (Å²) in [6, 6.07) is 4.25. The molecule has 0 radical (unpaired) electrons. The molecule has 0 unspecified atom stereocenters. The van der Waals surface area contributed by atoms with Crippen LogP contribution in [0.15, 0.2) is 22.9 Å². The first kappa shape index (κ1) is 13.2. The molecule has 1 aromatic carbocycles. The van der Waals surface area contributed by atoms with Crippen molar-refractivity contribution in [2.75, 3.05) is 12.8 Å². The zero-order valence-corrected chi connectivity index (χ0v) is 11.4. The van der Waals surface area contributed by atoms with Crippen LogP contribution >= 0.6 is 15.9 Å². The van der Waals surface area contributed by atoms with Gasteiger partial charge in [0.2, 0.25) is 5.88 Å². The first-order valence-corrected chi connectivity index (χ1v) is 5.91. The Kier molecular flexibility index (Phi) is 3.62. The van der Waals surface area contributed by atoms with Crippen molar-refractivity contribution in [3.8, 4) is 23.2 Å². The Labute approximate surface area is 117 Å². The second-order valence-corrected chi connectivity index (χ2v) is 4.37. The third kappa shape index (κ3) is 2.35. The first-order valence-electron chi connectivity index (χ1n) is 5.12. The lowest BCUT2D eigenvalue weighted by molar-refractivity contribution is 0.394. The molecule has 0 aliphatic carbocycles. The number of hydrogen-bond acceptors (Lipinski definition) is 5. The average Bonchev–Trinajstić information content (AvgIpc) is 2.41. The SMILES string of the molecule is COc1ncnc(-c2cc(N)c(C#N)cc2F)c1Br. The van der Waals surface area contributed by atoms with E-state index >= 15 is 0 Å². The Morgan fingerprint density at radius 2 is 2.16 bits per heavy atom. The van der Waals surface area contributed by atoms with Gasteiger partial charge in [-0.2, -0.15) is 5.26 Å². The molecule has 0 aliphatic rings. The van der Waals surface area contributed by atoms with Crippen LogP contribution in [0.4, 0.5) is 10.1 Å². The van der Waals surface area contributed by atoms with Gasteiger partial charge in [0.15, 0.2) is 0 Å². The van der Waals surface area contributed by atoms with Gasteiger partial charge in [0.1, 0.15) is 22.7 Å². The summed E-state index contributed by atoms with van der Waals surface area (Å²) in [6.45, 7) is 0. The minimum Gasteiger partial charge on any atom is -0.480 e. The van der Waals surface area contributed by atoms with E-state index in [9.17, 15) is 4.39 Å². The number of methoxy groups -OCH3 is 1. The fourth-order valence-electron chi connectivity index (χ4n) is 1.55. The van der Waals surface area contributed by atoms with E-state index in [0.717, 1.165) is 6.07 Å². The lowest BCUT2D eigenvalue weighted by Crippen LogP contribution is -1.98. The maximum absolute atomic E-state index is 14.0. The van der Waals surface area contributed by atoms with Gasteiger partial charge >= 0.3 is 0 Å². The summed E-state index contributed by atoms with van der Waals surface area (Å²) in [7, 11) is 1.44. The minimum atomic E-state index is -0.591. The van der Waals surface area contributed by atoms with Gasteiger partial charge in [-0.15, -0.1) is 0 Å². The van der Waals surface area contributed by atoms with E-state index in [0.29, 0.717) is 10.2 Å². The molecule has 5 nitrogen and oxygen atoms in total. The van der Waals surface area contributed by atoms with Crippen LogP contribution in [0.1, 0.15) is 5.56 Å². The largest absolute Gasteiger partial charge is 0.480 e. The predicted molar refractivity (Wildman–Crippen MR) is 70.8 cm³/mol. The molecule has 19 heavy (non-hydrogen) atoms. The summed E-state index contributed by atoms with van der Waals surface area (Å²) >= 11 is 3.25. The van der Waals surface area contributed by atoms with Gasteiger partial charge in [-0.3, -0.25) is 0 Å². The van der Waals surface area contributed by atoms with Crippen molar-refractivity contribution in [2.45, 2.75) is 0 Å². The highest BCUT2D eigenvalue weighted by Crippen LogP contribution is 2.34. The molecule has 7 heteroatoms. The Balaban J connectivity index is 2.67. The van der Waals surface area contributed by atoms with Crippen LogP contribution in [0, 0.1) is 17.1 Å². The molecule has 2 N–H and O–H groups in total. The van der Waals surface area contributed by atoms with E-state index in [1.54, 1.807) is 0 Å². The van der Waals surface area contributed by atoms with Gasteiger partial charge in [0.05, 0.1) is 24.1 Å². The van der Waals surface area contributed by atoms with E-state index < -0.39 is 5.82 Å². The van der Waals surface area contributed by atoms with E-state index in [1.807, 2.05) is 6.07 Å². The highest BCUT2D eigenvalue weighted by atomic mass is 79.9. The standard InChI is InChI=1S/C12H8BrFN4O/c1-19-12-10(13)11(17-5-18-12)7-3-9(16)6(4-15)2-8(7)14/h2-3,5H,16H2,1H3. The van der Waals surface area contributed by atoms with E-state index in [2.05, 4.69) is 25.9 Å². The molecule has 0 saturated carbocycles. The summed E-state index contributed by atoms with van der Waals surface area (Å²) < 4.78 is 19.4. The lowest BCUT2D eigenvalue weighted by Gasteiger charge is -2.09. The number of rotatable bonds is 2. The molecule has 0 atom stereocenters. The van der Waals surface area contributed by atoms with E-state index in [4.69, 9.17) is 15.7 Å². The quantitative estimate of drug-likeness (QED) is 0.858. The average molecular weight is 323 g/mol. The highest BCUT2D eigenvalue weighted by Gasteiger charge is 2.16. The molecule has 2 rings (SSSR count). The molecular weight excluding hydrogens is 315 g/mol. The third-order valence-electron chi connectivity index (χ3n) is 2.47. The molecule has 0 saturated heterocycles. The Hall–Kier alpha value is -2.20. The first-order chi connectivity index (χ1) is 9.08. The molecule has 1 aromatic heterocycles. The van der Waals surface area contributed by atoms with Crippen LogP contribution in [-0.2, 0) is 0 Å². The maximum Gasteiger partial charge on any atom is 0.231 e. The highest BCUT2D eigenvalue weighted by molar-refractivity contribution is 9.10. The molecule has 0 amide bonds. The van der Waals surface area contributed by atoms with Crippen molar-refractivity contribution in [2.24, 2.45) is 0 Å². The van der Waals surface area contributed by atoms with Gasteiger partial charge < -0.3 is 10.5 Å². The number of aromatic nitrogens is 2. The lowest BCUT2D eigenvalue weighted by atomic mass is 10.1. The topological polar surface area (TPSA) is 84.8 Å². The Bertz CT molecular complexity index is 684. The fourth-order valence-corrected chi connectivity index (χ4v) is 2.13. The van der Waals surface area contributed by atoms with Crippen molar-refractivity contribution in [1.29, 1.82) is 5.26 Å². The summed E-state index contributed by atoms with van der Waals surface area (Å²) in [5.41, 5.74) is 6.42. The number of nitrogen functional groups attached to an aromatic ring is 1. The van der Waals surface area contributed by atoms with Gasteiger partial charge in [-0.05, 0) is 28.1 Å². The third-order valence-corrected chi connectivity index (χ3v) is 3.18. The maximum atomic E-state index is 14.0. The normalized spacial score (nSPS) is 10.0.